The van der Waals surface area contributed by atoms with Gasteiger partial charge in [0, 0.05) is 0 Å². The van der Waals surface area contributed by atoms with E-state index in [4.69, 9.17) is 3.02 Å². The van der Waals surface area contributed by atoms with E-state index in [0.717, 1.165) is 7.02 Å². The molecule has 0 saturated carbocycles. The van der Waals surface area contributed by atoms with E-state index < -0.39 is 20.6 Å². The molecule has 0 saturated heterocycles. The molecule has 0 N–H and O–H groups in total. The van der Waals surface area contributed by atoms with Crippen LogP contribution in [0.2, 0.25) is 0 Å². The van der Waals surface area contributed by atoms with Gasteiger partial charge in [-0.2, -0.15) is 0 Å². The number of rotatable bonds is 4. The second kappa shape index (κ2) is 6.58. The molecule has 19 heavy (non-hydrogen) atoms. The van der Waals surface area contributed by atoms with Crippen LogP contribution in [-0.2, 0) is 7.81 Å². The normalized spacial score (nSPS) is 10.2. The summed E-state index contributed by atoms with van der Waals surface area (Å²) in [5.74, 6) is -0.296. The Balaban J connectivity index is 2.34. The maximum atomic E-state index is 11.8. The van der Waals surface area contributed by atoms with E-state index in [1.165, 1.54) is 0 Å². The molecule has 0 atom stereocenters. The molecule has 2 aromatic rings. The van der Waals surface area contributed by atoms with E-state index >= 15 is 0 Å². The van der Waals surface area contributed by atoms with Gasteiger partial charge in [-0.25, -0.2) is 0 Å². The van der Waals surface area contributed by atoms with Crippen LogP contribution in [0.1, 0.15) is 6.92 Å². The first-order valence-electron chi connectivity index (χ1n) is 5.96. The standard InChI is InChI=1S/2C6H5.C4H6O2.Sb/c2*1-2-4-6-5-3-1;1-3(2)4(5)6;/h2*1-5H;1H2,2H3,(H,5,6);/q;;;+1/p-1. The number of carbonyl (C=O) groups excluding carboxylic acids is 1. The summed E-state index contributed by atoms with van der Waals surface area (Å²) in [7, 11) is 0. The molecule has 0 aliphatic rings. The molecule has 3 heteroatoms. The van der Waals surface area contributed by atoms with E-state index in [2.05, 4.69) is 6.58 Å². The molecule has 2 nitrogen and oxygen atoms in total. The zero-order valence-electron chi connectivity index (χ0n) is 10.7. The van der Waals surface area contributed by atoms with Crippen LogP contribution in [0.5, 0.6) is 0 Å². The molecule has 0 unspecified atom stereocenters. The van der Waals surface area contributed by atoms with Crippen molar-refractivity contribution in [2.24, 2.45) is 0 Å². The number of benzene rings is 2. The molecule has 0 amide bonds. The molecule has 96 valence electrons. The number of hydrogen-bond acceptors (Lipinski definition) is 2. The Morgan fingerprint density at radius 3 is 1.74 bits per heavy atom. The second-order valence-corrected chi connectivity index (χ2v) is 9.27. The van der Waals surface area contributed by atoms with Gasteiger partial charge >= 0.3 is 121 Å². The molecule has 0 radical (unpaired) electrons. The third kappa shape index (κ3) is 3.71. The minimum absolute atomic E-state index is 0.296. The van der Waals surface area contributed by atoms with Gasteiger partial charge in [0.15, 0.2) is 0 Å². The summed E-state index contributed by atoms with van der Waals surface area (Å²) in [4.78, 5) is 11.8. The van der Waals surface area contributed by atoms with Crippen LogP contribution in [0.15, 0.2) is 72.8 Å². The maximum absolute atomic E-state index is 11.8. The molecule has 2 aromatic carbocycles. The Bertz CT molecular complexity index is 524. The van der Waals surface area contributed by atoms with Crippen molar-refractivity contribution in [1.29, 1.82) is 0 Å². The molecule has 0 fully saturated rings. The number of carbonyl (C=O) groups is 1. The van der Waals surface area contributed by atoms with Gasteiger partial charge in [-0.15, -0.1) is 0 Å². The third-order valence-corrected chi connectivity index (χ3v) is 7.88. The van der Waals surface area contributed by atoms with Crippen LogP contribution >= 0.6 is 0 Å². The zero-order valence-corrected chi connectivity index (χ0v) is 13.3. The molecule has 0 spiro atoms. The van der Waals surface area contributed by atoms with E-state index in [0.29, 0.717) is 5.57 Å². The van der Waals surface area contributed by atoms with Crippen molar-refractivity contribution in [3.8, 4) is 0 Å². The van der Waals surface area contributed by atoms with Gasteiger partial charge < -0.3 is 0 Å². The van der Waals surface area contributed by atoms with E-state index in [9.17, 15) is 4.79 Å². The van der Waals surface area contributed by atoms with E-state index in [1.807, 2.05) is 60.7 Å². The average Bonchev–Trinajstić information content (AvgIpc) is 2.46. The summed E-state index contributed by atoms with van der Waals surface area (Å²) >= 11 is -2.48. The fraction of sp³-hybridized carbons (Fsp3) is 0.0625. The summed E-state index contributed by atoms with van der Waals surface area (Å²) in [6, 6.07) is 20.0. The predicted octanol–water partition coefficient (Wildman–Crippen LogP) is 1.91. The SMILES string of the molecule is C=C(C)C(=O)[O][Sb]([c]1ccccc1)[c]1ccccc1. The van der Waals surface area contributed by atoms with Gasteiger partial charge in [0.25, 0.3) is 0 Å². The van der Waals surface area contributed by atoms with Crippen molar-refractivity contribution in [2.75, 3.05) is 0 Å². The summed E-state index contributed by atoms with van der Waals surface area (Å²) in [6.07, 6.45) is 0. The summed E-state index contributed by atoms with van der Waals surface area (Å²) in [6.45, 7) is 5.33. The zero-order chi connectivity index (χ0) is 13.7. The number of hydrogen-bond donors (Lipinski definition) is 0. The Labute approximate surface area is 121 Å². The summed E-state index contributed by atoms with van der Waals surface area (Å²) < 4.78 is 7.99. The Kier molecular flexibility index (Phi) is 4.81. The fourth-order valence-electron chi connectivity index (χ4n) is 1.54. The monoisotopic (exact) mass is 360 g/mol. The van der Waals surface area contributed by atoms with Crippen molar-refractivity contribution in [1.82, 2.24) is 0 Å². The van der Waals surface area contributed by atoms with Crippen molar-refractivity contribution in [3.05, 3.63) is 72.8 Å². The Morgan fingerprint density at radius 1 is 0.947 bits per heavy atom. The van der Waals surface area contributed by atoms with Crippen molar-refractivity contribution < 1.29 is 7.81 Å². The molecule has 0 aromatic heterocycles. The van der Waals surface area contributed by atoms with Crippen LogP contribution in [-0.4, -0.2) is 26.6 Å². The van der Waals surface area contributed by atoms with Gasteiger partial charge in [-0.1, -0.05) is 0 Å². The van der Waals surface area contributed by atoms with E-state index in [-0.39, 0.29) is 5.97 Å². The van der Waals surface area contributed by atoms with Crippen molar-refractivity contribution >= 4 is 33.6 Å². The molecule has 0 aliphatic carbocycles. The van der Waals surface area contributed by atoms with Crippen LogP contribution in [0.4, 0.5) is 0 Å². The first-order valence-corrected chi connectivity index (χ1v) is 9.56. The topological polar surface area (TPSA) is 26.3 Å². The van der Waals surface area contributed by atoms with Crippen molar-refractivity contribution in [2.45, 2.75) is 6.92 Å². The second-order valence-electron chi connectivity index (χ2n) is 4.12. The quantitative estimate of drug-likeness (QED) is 0.615. The molecular weight excluding hydrogens is 346 g/mol. The summed E-state index contributed by atoms with van der Waals surface area (Å²) in [5, 5.41) is 0. The van der Waals surface area contributed by atoms with Crippen molar-refractivity contribution in [3.63, 3.8) is 0 Å². The first-order chi connectivity index (χ1) is 9.18. The van der Waals surface area contributed by atoms with Gasteiger partial charge in [0.2, 0.25) is 0 Å². The molecular formula is C16H15O2Sb. The molecule has 0 bridgehead atoms. The van der Waals surface area contributed by atoms with Gasteiger partial charge in [0.05, 0.1) is 0 Å². The van der Waals surface area contributed by atoms with E-state index in [1.54, 1.807) is 6.92 Å². The molecule has 0 heterocycles. The Morgan fingerprint density at radius 2 is 1.37 bits per heavy atom. The third-order valence-electron chi connectivity index (χ3n) is 2.50. The van der Waals surface area contributed by atoms with Gasteiger partial charge in [-0.05, 0) is 0 Å². The molecule has 2 rings (SSSR count). The van der Waals surface area contributed by atoms with Gasteiger partial charge in [0.1, 0.15) is 0 Å². The van der Waals surface area contributed by atoms with Crippen LogP contribution in [0.25, 0.3) is 0 Å². The van der Waals surface area contributed by atoms with Crippen LogP contribution in [0, 0.1) is 0 Å². The predicted molar refractivity (Wildman–Crippen MR) is 78.8 cm³/mol. The van der Waals surface area contributed by atoms with Crippen LogP contribution < -0.4 is 7.02 Å². The first kappa shape index (κ1) is 13.9. The summed E-state index contributed by atoms with van der Waals surface area (Å²) in [5.41, 5.74) is 0.446. The van der Waals surface area contributed by atoms with Crippen LogP contribution in [0.3, 0.4) is 0 Å². The fourth-order valence-corrected chi connectivity index (χ4v) is 6.44. The Hall–Kier alpha value is -1.53. The minimum atomic E-state index is -2.48. The molecule has 0 aliphatic heterocycles. The van der Waals surface area contributed by atoms with Gasteiger partial charge in [-0.3, -0.25) is 0 Å². The average molecular weight is 361 g/mol.